The van der Waals surface area contributed by atoms with Gasteiger partial charge in [0, 0.05) is 26.6 Å². The first-order valence-electron chi connectivity index (χ1n) is 4.06. The minimum absolute atomic E-state index is 0.0144. The van der Waals surface area contributed by atoms with E-state index in [0.29, 0.717) is 10.4 Å². The largest absolute Gasteiger partial charge is 0.358 e. The first kappa shape index (κ1) is 9.74. The molecule has 1 heterocycles. The van der Waals surface area contributed by atoms with Crippen molar-refractivity contribution in [3.8, 4) is 0 Å². The normalized spacial score (nSPS) is 10.8. The van der Waals surface area contributed by atoms with Crippen molar-refractivity contribution < 1.29 is 0 Å². The highest BCUT2D eigenvalue weighted by Gasteiger charge is 2.04. The van der Waals surface area contributed by atoms with Crippen molar-refractivity contribution in [1.82, 2.24) is 4.98 Å². The lowest BCUT2D eigenvalue weighted by atomic mass is 10.2. The van der Waals surface area contributed by atoms with E-state index in [1.165, 1.54) is 0 Å². The number of H-pyrrole nitrogens is 1. The number of hydrogen-bond donors (Lipinski definition) is 1. The van der Waals surface area contributed by atoms with Crippen LogP contribution in [0.1, 0.15) is 5.69 Å². The Morgan fingerprint density at radius 3 is 2.79 bits per heavy atom. The van der Waals surface area contributed by atoms with Gasteiger partial charge >= 0.3 is 0 Å². The zero-order valence-corrected chi connectivity index (χ0v) is 9.74. The summed E-state index contributed by atoms with van der Waals surface area (Å²) in [5.74, 6) is 0. The molecule has 0 aliphatic rings. The lowest BCUT2D eigenvalue weighted by molar-refractivity contribution is 1.24. The molecule has 0 radical (unpaired) electrons. The van der Waals surface area contributed by atoms with E-state index in [9.17, 15) is 4.79 Å². The third-order valence-electron chi connectivity index (χ3n) is 1.99. The summed E-state index contributed by atoms with van der Waals surface area (Å²) in [5, 5.41) is 1.16. The minimum atomic E-state index is -0.0144. The van der Waals surface area contributed by atoms with Crippen LogP contribution < -0.4 is 5.43 Å². The Balaban J connectivity index is 3.02. The Hall–Kier alpha value is -0.800. The molecule has 2 rings (SSSR count). The van der Waals surface area contributed by atoms with E-state index >= 15 is 0 Å². The van der Waals surface area contributed by atoms with E-state index in [2.05, 4.69) is 20.9 Å². The summed E-state index contributed by atoms with van der Waals surface area (Å²) in [6, 6.07) is 4.99. The van der Waals surface area contributed by atoms with Gasteiger partial charge < -0.3 is 4.98 Å². The number of aryl methyl sites for hydroxylation is 1. The fraction of sp³-hybridized carbons (Fsp3) is 0.100. The maximum Gasteiger partial charge on any atom is 0.189 e. The summed E-state index contributed by atoms with van der Waals surface area (Å²) in [6.07, 6.45) is 0. The smallest absolute Gasteiger partial charge is 0.189 e. The van der Waals surface area contributed by atoms with Crippen LogP contribution in [0.3, 0.4) is 0 Å². The summed E-state index contributed by atoms with van der Waals surface area (Å²) in [4.78, 5) is 14.7. The Labute approximate surface area is 94.0 Å². The SMILES string of the molecule is Cc1cc(=O)c2cc(Cl)cc(Br)c2[nH]1. The molecule has 72 valence electrons. The molecule has 0 spiro atoms. The van der Waals surface area contributed by atoms with Gasteiger partial charge in [-0.3, -0.25) is 4.79 Å². The molecule has 0 saturated heterocycles. The van der Waals surface area contributed by atoms with Crippen LogP contribution >= 0.6 is 27.5 Å². The predicted octanol–water partition coefficient (Wildman–Crippen LogP) is 3.25. The Morgan fingerprint density at radius 1 is 1.36 bits per heavy atom. The van der Waals surface area contributed by atoms with Gasteiger partial charge in [0.15, 0.2) is 5.43 Å². The van der Waals surface area contributed by atoms with Gasteiger partial charge in [-0.05, 0) is 35.0 Å². The highest BCUT2D eigenvalue weighted by atomic mass is 79.9. The van der Waals surface area contributed by atoms with Crippen molar-refractivity contribution in [1.29, 1.82) is 0 Å². The quantitative estimate of drug-likeness (QED) is 0.784. The van der Waals surface area contributed by atoms with E-state index in [1.807, 2.05) is 6.92 Å². The number of benzene rings is 1. The Kier molecular flexibility index (Phi) is 2.37. The highest BCUT2D eigenvalue weighted by Crippen LogP contribution is 2.24. The van der Waals surface area contributed by atoms with Gasteiger partial charge in [0.2, 0.25) is 0 Å². The number of halogens is 2. The van der Waals surface area contributed by atoms with Gasteiger partial charge in [0.05, 0.1) is 5.52 Å². The van der Waals surface area contributed by atoms with Crippen LogP contribution in [-0.4, -0.2) is 4.98 Å². The van der Waals surface area contributed by atoms with Crippen LogP contribution in [0.5, 0.6) is 0 Å². The molecule has 0 unspecified atom stereocenters. The topological polar surface area (TPSA) is 32.9 Å². The van der Waals surface area contributed by atoms with Gasteiger partial charge in [0.1, 0.15) is 0 Å². The summed E-state index contributed by atoms with van der Waals surface area (Å²) in [6.45, 7) is 1.85. The molecule has 0 saturated carbocycles. The molecule has 0 aliphatic carbocycles. The van der Waals surface area contributed by atoms with Crippen LogP contribution in [0.4, 0.5) is 0 Å². The number of rotatable bonds is 0. The average molecular weight is 273 g/mol. The minimum Gasteiger partial charge on any atom is -0.358 e. The van der Waals surface area contributed by atoms with Crippen LogP contribution in [0.2, 0.25) is 5.02 Å². The molecule has 0 atom stereocenters. The molecule has 0 bridgehead atoms. The molecule has 1 aromatic heterocycles. The molecule has 2 aromatic rings. The van der Waals surface area contributed by atoms with Crippen LogP contribution in [0.15, 0.2) is 27.5 Å². The summed E-state index contributed by atoms with van der Waals surface area (Å²) >= 11 is 9.21. The molecular weight excluding hydrogens is 265 g/mol. The van der Waals surface area contributed by atoms with Gasteiger partial charge in [-0.2, -0.15) is 0 Å². The van der Waals surface area contributed by atoms with Crippen molar-refractivity contribution in [2.75, 3.05) is 0 Å². The molecular formula is C10H7BrClNO. The monoisotopic (exact) mass is 271 g/mol. The van der Waals surface area contributed by atoms with Gasteiger partial charge in [0.25, 0.3) is 0 Å². The van der Waals surface area contributed by atoms with Crippen molar-refractivity contribution in [2.45, 2.75) is 6.92 Å². The zero-order chi connectivity index (χ0) is 10.3. The lowest BCUT2D eigenvalue weighted by Crippen LogP contribution is -2.03. The van der Waals surface area contributed by atoms with E-state index in [4.69, 9.17) is 11.6 Å². The van der Waals surface area contributed by atoms with Crippen molar-refractivity contribution in [3.05, 3.63) is 43.6 Å². The highest BCUT2D eigenvalue weighted by molar-refractivity contribution is 9.10. The van der Waals surface area contributed by atoms with Crippen LogP contribution in [0.25, 0.3) is 10.9 Å². The maximum absolute atomic E-state index is 11.6. The standard InChI is InChI=1S/C10H7BrClNO/c1-5-2-9(14)7-3-6(12)4-8(11)10(7)13-5/h2-4H,1H3,(H,13,14). The fourth-order valence-corrected chi connectivity index (χ4v) is 2.31. The fourth-order valence-electron chi connectivity index (χ4n) is 1.40. The molecule has 1 N–H and O–H groups in total. The Morgan fingerprint density at radius 2 is 2.07 bits per heavy atom. The van der Waals surface area contributed by atoms with Crippen molar-refractivity contribution >= 4 is 38.4 Å². The number of fused-ring (bicyclic) bond motifs is 1. The predicted molar refractivity (Wildman–Crippen MR) is 62.0 cm³/mol. The zero-order valence-electron chi connectivity index (χ0n) is 7.40. The maximum atomic E-state index is 11.6. The second-order valence-electron chi connectivity index (χ2n) is 3.13. The first-order valence-corrected chi connectivity index (χ1v) is 5.24. The molecule has 14 heavy (non-hydrogen) atoms. The van der Waals surface area contributed by atoms with Crippen LogP contribution in [0, 0.1) is 6.92 Å². The third-order valence-corrected chi connectivity index (χ3v) is 2.83. The summed E-state index contributed by atoms with van der Waals surface area (Å²) in [5.41, 5.74) is 1.62. The van der Waals surface area contributed by atoms with Gasteiger partial charge in [-0.1, -0.05) is 11.6 Å². The summed E-state index contributed by atoms with van der Waals surface area (Å²) < 4.78 is 0.806. The van der Waals surface area contributed by atoms with Gasteiger partial charge in [-0.25, -0.2) is 0 Å². The lowest BCUT2D eigenvalue weighted by Gasteiger charge is -2.02. The van der Waals surface area contributed by atoms with E-state index in [1.54, 1.807) is 18.2 Å². The van der Waals surface area contributed by atoms with E-state index in [0.717, 1.165) is 15.7 Å². The molecule has 2 nitrogen and oxygen atoms in total. The molecule has 0 amide bonds. The van der Waals surface area contributed by atoms with Crippen molar-refractivity contribution in [3.63, 3.8) is 0 Å². The second kappa shape index (κ2) is 3.41. The molecule has 0 aliphatic heterocycles. The third kappa shape index (κ3) is 1.57. The Bertz CT molecular complexity index is 562. The van der Waals surface area contributed by atoms with Crippen molar-refractivity contribution in [2.24, 2.45) is 0 Å². The molecule has 0 fully saturated rings. The number of hydrogen-bond acceptors (Lipinski definition) is 1. The molecule has 1 aromatic carbocycles. The second-order valence-corrected chi connectivity index (χ2v) is 4.42. The number of aromatic amines is 1. The first-order chi connectivity index (χ1) is 6.58. The van der Waals surface area contributed by atoms with E-state index in [-0.39, 0.29) is 5.43 Å². The average Bonchev–Trinajstić information content (AvgIpc) is 2.07. The number of nitrogens with one attached hydrogen (secondary N) is 1. The number of pyridine rings is 1. The molecule has 4 heteroatoms. The summed E-state index contributed by atoms with van der Waals surface area (Å²) in [7, 11) is 0. The van der Waals surface area contributed by atoms with E-state index < -0.39 is 0 Å². The number of aromatic nitrogens is 1. The van der Waals surface area contributed by atoms with Crippen LogP contribution in [-0.2, 0) is 0 Å². The van der Waals surface area contributed by atoms with Gasteiger partial charge in [-0.15, -0.1) is 0 Å².